The van der Waals surface area contributed by atoms with Crippen LogP contribution < -0.4 is 0 Å². The van der Waals surface area contributed by atoms with Crippen molar-refractivity contribution in [2.75, 3.05) is 0 Å². The van der Waals surface area contributed by atoms with E-state index in [4.69, 9.17) is 0 Å². The summed E-state index contributed by atoms with van der Waals surface area (Å²) in [7, 11) is 0. The minimum absolute atomic E-state index is 0.208. The highest BCUT2D eigenvalue weighted by Crippen LogP contribution is 2.37. The minimum Gasteiger partial charge on any atom is -0.393 e. The molecule has 0 aromatic heterocycles. The number of carbonyl (C=O) groups excluding carboxylic acids is 2. The van der Waals surface area contributed by atoms with Crippen LogP contribution in [0.5, 0.6) is 0 Å². The van der Waals surface area contributed by atoms with E-state index in [-0.39, 0.29) is 23.7 Å². The van der Waals surface area contributed by atoms with Crippen LogP contribution in [0.2, 0.25) is 0 Å². The average Bonchev–Trinajstić information content (AvgIpc) is 2.57. The highest BCUT2D eigenvalue weighted by atomic mass is 16.6. The van der Waals surface area contributed by atoms with Gasteiger partial charge in [-0.25, -0.2) is 0 Å². The number of esters is 2. The van der Waals surface area contributed by atoms with Gasteiger partial charge in [-0.15, -0.1) is 0 Å². The molecule has 1 aliphatic rings. The number of hydrogen-bond donors (Lipinski definition) is 0. The molecule has 3 heteroatoms. The van der Waals surface area contributed by atoms with E-state index in [1.807, 2.05) is 13.8 Å². The predicted octanol–water partition coefficient (Wildman–Crippen LogP) is 3.87. The van der Waals surface area contributed by atoms with Crippen molar-refractivity contribution in [3.05, 3.63) is 11.6 Å². The molecule has 0 aromatic rings. The molecule has 0 amide bonds. The summed E-state index contributed by atoms with van der Waals surface area (Å²) in [5.41, 5.74) is 0.970. The molecule has 2 unspecified atom stereocenters. The molecule has 0 radical (unpaired) electrons. The smallest absolute Gasteiger partial charge is 0.318 e. The van der Waals surface area contributed by atoms with Gasteiger partial charge in [-0.05, 0) is 24.7 Å². The molecule has 0 spiro atoms. The average molecular weight is 266 g/mol. The molecular weight excluding hydrogens is 240 g/mol. The minimum atomic E-state index is -0.395. The Morgan fingerprint density at radius 3 is 2.58 bits per heavy atom. The summed E-state index contributed by atoms with van der Waals surface area (Å²) < 4.78 is 4.65. The van der Waals surface area contributed by atoms with Crippen LogP contribution in [0.25, 0.3) is 0 Å². The van der Waals surface area contributed by atoms with E-state index < -0.39 is 5.97 Å². The second kappa shape index (κ2) is 6.36. The fourth-order valence-corrected chi connectivity index (χ4v) is 2.98. The lowest BCUT2D eigenvalue weighted by Gasteiger charge is -2.26. The van der Waals surface area contributed by atoms with Crippen molar-refractivity contribution < 1.29 is 14.3 Å². The lowest BCUT2D eigenvalue weighted by molar-refractivity contribution is -0.153. The van der Waals surface area contributed by atoms with E-state index in [0.29, 0.717) is 5.92 Å². The molecule has 0 saturated carbocycles. The third-order valence-corrected chi connectivity index (χ3v) is 3.84. The summed E-state index contributed by atoms with van der Waals surface area (Å²) in [6, 6.07) is 0. The van der Waals surface area contributed by atoms with Gasteiger partial charge in [0.1, 0.15) is 0 Å². The molecule has 1 rings (SSSR count). The number of hydrogen-bond acceptors (Lipinski definition) is 3. The van der Waals surface area contributed by atoms with Gasteiger partial charge in [-0.3, -0.25) is 9.59 Å². The molecule has 3 nitrogen and oxygen atoms in total. The maximum atomic E-state index is 11.7. The zero-order chi connectivity index (χ0) is 14.6. The fraction of sp³-hybridized carbons (Fsp3) is 0.750. The van der Waals surface area contributed by atoms with Crippen molar-refractivity contribution in [3.8, 4) is 0 Å². The Hall–Kier alpha value is -1.12. The number of cyclic esters (lactones) is 2. The van der Waals surface area contributed by atoms with E-state index in [0.717, 1.165) is 6.42 Å². The van der Waals surface area contributed by atoms with Crippen molar-refractivity contribution in [1.29, 1.82) is 0 Å². The zero-order valence-corrected chi connectivity index (χ0v) is 12.8. The van der Waals surface area contributed by atoms with E-state index in [1.165, 1.54) is 18.4 Å². The first-order valence-electron chi connectivity index (χ1n) is 7.19. The zero-order valence-electron chi connectivity index (χ0n) is 12.8. The first-order chi connectivity index (χ1) is 8.76. The predicted molar refractivity (Wildman–Crippen MR) is 75.4 cm³/mol. The van der Waals surface area contributed by atoms with Crippen LogP contribution in [-0.2, 0) is 14.3 Å². The molecule has 0 aromatic carbocycles. The van der Waals surface area contributed by atoms with Crippen molar-refractivity contribution in [3.63, 3.8) is 0 Å². The van der Waals surface area contributed by atoms with Gasteiger partial charge >= 0.3 is 11.9 Å². The SMILES string of the molecule is CCCC(C)CC(C)=CC(C)(C)C1CC(=O)OC1=O. The van der Waals surface area contributed by atoms with Crippen molar-refractivity contribution in [1.82, 2.24) is 0 Å². The van der Waals surface area contributed by atoms with E-state index in [2.05, 4.69) is 31.6 Å². The third kappa shape index (κ3) is 4.48. The van der Waals surface area contributed by atoms with Crippen LogP contribution in [-0.4, -0.2) is 11.9 Å². The summed E-state index contributed by atoms with van der Waals surface area (Å²) in [5, 5.41) is 0. The molecule has 1 heterocycles. The molecule has 108 valence electrons. The number of allylic oxidation sites excluding steroid dienone is 2. The Bertz CT molecular complexity index is 379. The molecule has 0 N–H and O–H groups in total. The molecule has 19 heavy (non-hydrogen) atoms. The Labute approximate surface area is 116 Å². The van der Waals surface area contributed by atoms with Gasteiger partial charge in [0.05, 0.1) is 12.3 Å². The quantitative estimate of drug-likeness (QED) is 0.416. The summed E-state index contributed by atoms with van der Waals surface area (Å²) in [4.78, 5) is 22.9. The van der Waals surface area contributed by atoms with E-state index >= 15 is 0 Å². The topological polar surface area (TPSA) is 43.4 Å². The van der Waals surface area contributed by atoms with Gasteiger partial charge in [-0.1, -0.05) is 52.2 Å². The molecule has 2 atom stereocenters. The molecule has 1 fully saturated rings. The lowest BCUT2D eigenvalue weighted by Crippen LogP contribution is -2.26. The van der Waals surface area contributed by atoms with Crippen LogP contribution in [0.4, 0.5) is 0 Å². The van der Waals surface area contributed by atoms with Crippen molar-refractivity contribution >= 4 is 11.9 Å². The van der Waals surface area contributed by atoms with E-state index in [9.17, 15) is 9.59 Å². The summed E-state index contributed by atoms with van der Waals surface area (Å²) in [6.07, 6.45) is 5.81. The van der Waals surface area contributed by atoms with Crippen LogP contribution in [0, 0.1) is 17.3 Å². The molecule has 1 saturated heterocycles. The van der Waals surface area contributed by atoms with Gasteiger partial charge in [-0.2, -0.15) is 0 Å². The van der Waals surface area contributed by atoms with E-state index in [1.54, 1.807) is 0 Å². The largest absolute Gasteiger partial charge is 0.393 e. The van der Waals surface area contributed by atoms with Gasteiger partial charge in [0.2, 0.25) is 0 Å². The first kappa shape index (κ1) is 15.9. The van der Waals surface area contributed by atoms with Gasteiger partial charge in [0.25, 0.3) is 0 Å². The van der Waals surface area contributed by atoms with Crippen LogP contribution in [0.1, 0.15) is 60.3 Å². The van der Waals surface area contributed by atoms with Gasteiger partial charge < -0.3 is 4.74 Å². The molecule has 0 bridgehead atoms. The van der Waals surface area contributed by atoms with Gasteiger partial charge in [0, 0.05) is 0 Å². The summed E-state index contributed by atoms with van der Waals surface area (Å²) in [5.74, 6) is -0.445. The number of rotatable bonds is 6. The van der Waals surface area contributed by atoms with Crippen LogP contribution >= 0.6 is 0 Å². The van der Waals surface area contributed by atoms with Crippen LogP contribution in [0.3, 0.4) is 0 Å². The molecular formula is C16H26O3. The molecule has 1 aliphatic heterocycles. The Balaban J connectivity index is 2.71. The third-order valence-electron chi connectivity index (χ3n) is 3.84. The monoisotopic (exact) mass is 266 g/mol. The second-order valence-electron chi connectivity index (χ2n) is 6.46. The fourth-order valence-electron chi connectivity index (χ4n) is 2.98. The number of carbonyl (C=O) groups is 2. The summed E-state index contributed by atoms with van der Waals surface area (Å²) >= 11 is 0. The second-order valence-corrected chi connectivity index (χ2v) is 6.46. The van der Waals surface area contributed by atoms with Crippen molar-refractivity contribution in [2.24, 2.45) is 17.3 Å². The summed E-state index contributed by atoms with van der Waals surface area (Å²) in [6.45, 7) is 10.6. The maximum Gasteiger partial charge on any atom is 0.318 e. The van der Waals surface area contributed by atoms with Gasteiger partial charge in [0.15, 0.2) is 0 Å². The van der Waals surface area contributed by atoms with Crippen LogP contribution in [0.15, 0.2) is 11.6 Å². The standard InChI is InChI=1S/C16H26O3/c1-6-7-11(2)8-12(3)10-16(4,5)13-9-14(17)19-15(13)18/h10-11,13H,6-9H2,1-5H3. The normalized spacial score (nSPS) is 22.6. The highest BCUT2D eigenvalue weighted by Gasteiger charge is 2.42. The Kier molecular flexibility index (Phi) is 5.33. The first-order valence-corrected chi connectivity index (χ1v) is 7.19. The highest BCUT2D eigenvalue weighted by molar-refractivity contribution is 5.95. The Morgan fingerprint density at radius 2 is 2.11 bits per heavy atom. The van der Waals surface area contributed by atoms with Crippen molar-refractivity contribution in [2.45, 2.75) is 60.3 Å². The maximum absolute atomic E-state index is 11.7. The molecule has 0 aliphatic carbocycles. The Morgan fingerprint density at radius 1 is 1.47 bits per heavy atom. The number of ether oxygens (including phenoxy) is 1. The lowest BCUT2D eigenvalue weighted by atomic mass is 9.76.